The molecule has 2 saturated heterocycles. The summed E-state index contributed by atoms with van der Waals surface area (Å²) in [6.45, 7) is 4.65. The summed E-state index contributed by atoms with van der Waals surface area (Å²) in [6.07, 6.45) is 5.07. The van der Waals surface area contributed by atoms with Gasteiger partial charge in [-0.3, -0.25) is 4.79 Å². The van der Waals surface area contributed by atoms with Crippen molar-refractivity contribution in [1.82, 2.24) is 10.2 Å². The van der Waals surface area contributed by atoms with Crippen molar-refractivity contribution in [3.05, 3.63) is 35.1 Å². The van der Waals surface area contributed by atoms with Crippen molar-refractivity contribution in [3.8, 4) is 0 Å². The number of hydrogen-bond donors (Lipinski definition) is 1. The molecule has 1 aromatic rings. The molecule has 2 aliphatic heterocycles. The molecule has 1 atom stereocenters. The van der Waals surface area contributed by atoms with E-state index in [1.165, 1.54) is 0 Å². The molecule has 4 heteroatoms. The van der Waals surface area contributed by atoms with E-state index in [4.69, 9.17) is 0 Å². The first-order valence-electron chi connectivity index (χ1n) is 8.48. The van der Waals surface area contributed by atoms with Gasteiger partial charge in [0.1, 0.15) is 5.82 Å². The quantitative estimate of drug-likeness (QED) is 0.909. The fourth-order valence-corrected chi connectivity index (χ4v) is 3.72. The number of piperidine rings is 2. The van der Waals surface area contributed by atoms with Gasteiger partial charge in [0.25, 0.3) is 5.91 Å². The van der Waals surface area contributed by atoms with Crippen molar-refractivity contribution < 1.29 is 9.18 Å². The van der Waals surface area contributed by atoms with Gasteiger partial charge < -0.3 is 10.2 Å². The Morgan fingerprint density at radius 2 is 2.00 bits per heavy atom. The first kappa shape index (κ1) is 15.5. The van der Waals surface area contributed by atoms with Gasteiger partial charge in [-0.2, -0.15) is 0 Å². The molecule has 0 spiro atoms. The summed E-state index contributed by atoms with van der Waals surface area (Å²) in [4.78, 5) is 14.6. The molecule has 0 radical (unpaired) electrons. The van der Waals surface area contributed by atoms with Crippen molar-refractivity contribution in [1.29, 1.82) is 0 Å². The Bertz CT molecular complexity index is 540. The number of likely N-dealkylation sites (tertiary alicyclic amines) is 1. The standard InChI is InChI=1S/C18H25FN2O/c1-13-5-2-3-12-21(13)18(22)16-7-4-6-15(17(16)19)14-8-10-20-11-9-14/h4,6-7,13-14,20H,2-3,5,8-12H2,1H3. The molecule has 1 amide bonds. The van der Waals surface area contributed by atoms with Gasteiger partial charge in [0, 0.05) is 12.6 Å². The normalized spacial score (nSPS) is 23.5. The highest BCUT2D eigenvalue weighted by atomic mass is 19.1. The van der Waals surface area contributed by atoms with Crippen LogP contribution in [0.2, 0.25) is 0 Å². The van der Waals surface area contributed by atoms with Crippen LogP contribution >= 0.6 is 0 Å². The van der Waals surface area contributed by atoms with E-state index in [1.54, 1.807) is 6.07 Å². The number of carbonyl (C=O) groups is 1. The molecule has 2 heterocycles. The summed E-state index contributed by atoms with van der Waals surface area (Å²) in [6, 6.07) is 5.54. The Morgan fingerprint density at radius 3 is 2.73 bits per heavy atom. The van der Waals surface area contributed by atoms with Gasteiger partial charge in [-0.25, -0.2) is 4.39 Å². The Hall–Kier alpha value is -1.42. The van der Waals surface area contributed by atoms with Gasteiger partial charge in [-0.15, -0.1) is 0 Å². The van der Waals surface area contributed by atoms with Gasteiger partial charge in [0.2, 0.25) is 0 Å². The number of nitrogens with zero attached hydrogens (tertiary/aromatic N) is 1. The molecular formula is C18H25FN2O. The lowest BCUT2D eigenvalue weighted by atomic mass is 9.88. The minimum Gasteiger partial charge on any atom is -0.336 e. The Morgan fingerprint density at radius 1 is 1.23 bits per heavy atom. The lowest BCUT2D eigenvalue weighted by Crippen LogP contribution is -2.42. The SMILES string of the molecule is CC1CCCCN1C(=O)c1cccc(C2CCNCC2)c1F. The van der Waals surface area contributed by atoms with Gasteiger partial charge in [-0.05, 0) is 69.7 Å². The Labute approximate surface area is 131 Å². The van der Waals surface area contributed by atoms with E-state index in [1.807, 2.05) is 17.0 Å². The zero-order chi connectivity index (χ0) is 15.5. The highest BCUT2D eigenvalue weighted by Gasteiger charge is 2.28. The van der Waals surface area contributed by atoms with Crippen LogP contribution in [-0.2, 0) is 0 Å². The summed E-state index contributed by atoms with van der Waals surface area (Å²) in [5, 5.41) is 3.30. The molecular weight excluding hydrogens is 279 g/mol. The molecule has 3 rings (SSSR count). The lowest BCUT2D eigenvalue weighted by molar-refractivity contribution is 0.0630. The van der Waals surface area contributed by atoms with Gasteiger partial charge in [0.05, 0.1) is 5.56 Å². The van der Waals surface area contributed by atoms with Crippen LogP contribution in [0.25, 0.3) is 0 Å². The largest absolute Gasteiger partial charge is 0.336 e. The maximum absolute atomic E-state index is 14.9. The van der Waals surface area contributed by atoms with Gasteiger partial charge >= 0.3 is 0 Å². The Balaban J connectivity index is 1.85. The molecule has 2 aliphatic rings. The van der Waals surface area contributed by atoms with Crippen molar-refractivity contribution in [2.24, 2.45) is 0 Å². The summed E-state index contributed by atoms with van der Waals surface area (Å²) in [5.41, 5.74) is 0.974. The van der Waals surface area contributed by atoms with E-state index in [9.17, 15) is 9.18 Å². The summed E-state index contributed by atoms with van der Waals surface area (Å²) in [7, 11) is 0. The van der Waals surface area contributed by atoms with Crippen LogP contribution in [0.1, 0.15) is 60.9 Å². The minimum absolute atomic E-state index is 0.138. The average molecular weight is 304 g/mol. The molecule has 0 aliphatic carbocycles. The molecule has 1 N–H and O–H groups in total. The van der Waals surface area contributed by atoms with Gasteiger partial charge in [0.15, 0.2) is 0 Å². The van der Waals surface area contributed by atoms with Crippen molar-refractivity contribution in [3.63, 3.8) is 0 Å². The number of rotatable bonds is 2. The third-order valence-corrected chi connectivity index (χ3v) is 5.10. The highest BCUT2D eigenvalue weighted by molar-refractivity contribution is 5.95. The second-order valence-corrected chi connectivity index (χ2v) is 6.58. The average Bonchev–Trinajstić information content (AvgIpc) is 2.56. The molecule has 0 bridgehead atoms. The predicted molar refractivity (Wildman–Crippen MR) is 85.6 cm³/mol. The number of halogens is 1. The number of nitrogens with one attached hydrogen (secondary N) is 1. The topological polar surface area (TPSA) is 32.3 Å². The van der Waals surface area contributed by atoms with Crippen LogP contribution in [0.4, 0.5) is 4.39 Å². The van der Waals surface area contributed by atoms with Crippen molar-refractivity contribution >= 4 is 5.91 Å². The van der Waals surface area contributed by atoms with E-state index >= 15 is 0 Å². The van der Waals surface area contributed by atoms with E-state index in [2.05, 4.69) is 12.2 Å². The third kappa shape index (κ3) is 3.02. The first-order chi connectivity index (χ1) is 10.7. The van der Waals surface area contributed by atoms with Gasteiger partial charge in [-0.1, -0.05) is 12.1 Å². The van der Waals surface area contributed by atoms with Crippen molar-refractivity contribution in [2.75, 3.05) is 19.6 Å². The van der Waals surface area contributed by atoms with Crippen LogP contribution < -0.4 is 5.32 Å². The molecule has 1 aromatic carbocycles. The maximum atomic E-state index is 14.9. The van der Waals surface area contributed by atoms with Crippen LogP contribution in [0, 0.1) is 5.82 Å². The summed E-state index contributed by atoms with van der Waals surface area (Å²) < 4.78 is 14.9. The van der Waals surface area contributed by atoms with Crippen LogP contribution in [-0.4, -0.2) is 36.5 Å². The number of benzene rings is 1. The summed E-state index contributed by atoms with van der Waals surface area (Å²) >= 11 is 0. The fourth-order valence-electron chi connectivity index (χ4n) is 3.72. The monoisotopic (exact) mass is 304 g/mol. The van der Waals surface area contributed by atoms with Crippen molar-refractivity contribution in [2.45, 2.75) is 51.0 Å². The number of amides is 1. The molecule has 22 heavy (non-hydrogen) atoms. The molecule has 2 fully saturated rings. The van der Waals surface area contributed by atoms with E-state index < -0.39 is 0 Å². The minimum atomic E-state index is -0.294. The maximum Gasteiger partial charge on any atom is 0.257 e. The zero-order valence-corrected chi connectivity index (χ0v) is 13.3. The summed E-state index contributed by atoms with van der Waals surface area (Å²) in [5.74, 6) is -0.203. The second kappa shape index (κ2) is 6.78. The Kier molecular flexibility index (Phi) is 4.77. The molecule has 0 aromatic heterocycles. The smallest absolute Gasteiger partial charge is 0.257 e. The lowest BCUT2D eigenvalue weighted by Gasteiger charge is -2.34. The number of hydrogen-bond acceptors (Lipinski definition) is 2. The third-order valence-electron chi connectivity index (χ3n) is 5.10. The van der Waals surface area contributed by atoms with E-state index in [0.717, 1.165) is 57.3 Å². The van der Waals surface area contributed by atoms with Crippen LogP contribution in [0.15, 0.2) is 18.2 Å². The van der Waals surface area contributed by atoms with Crippen LogP contribution in [0.5, 0.6) is 0 Å². The molecule has 1 unspecified atom stereocenters. The van der Waals surface area contributed by atoms with Crippen LogP contribution in [0.3, 0.4) is 0 Å². The highest BCUT2D eigenvalue weighted by Crippen LogP contribution is 2.30. The number of carbonyl (C=O) groups excluding carboxylic acids is 1. The fraction of sp³-hybridized carbons (Fsp3) is 0.611. The predicted octanol–water partition coefficient (Wildman–Crippen LogP) is 3.31. The molecule has 3 nitrogen and oxygen atoms in total. The zero-order valence-electron chi connectivity index (χ0n) is 13.3. The first-order valence-corrected chi connectivity index (χ1v) is 8.48. The van der Waals surface area contributed by atoms with E-state index in [-0.39, 0.29) is 29.2 Å². The molecule has 0 saturated carbocycles. The van der Waals surface area contributed by atoms with E-state index in [0.29, 0.717) is 0 Å². The molecule has 120 valence electrons. The second-order valence-electron chi connectivity index (χ2n) is 6.58.